The number of nitrogens with zero attached hydrogens (tertiary/aromatic N) is 2. The lowest BCUT2D eigenvalue weighted by molar-refractivity contribution is 0.151. The van der Waals surface area contributed by atoms with Crippen molar-refractivity contribution in [3.05, 3.63) is 46.4 Å². The summed E-state index contributed by atoms with van der Waals surface area (Å²) in [6, 6.07) is 8.48. The second-order valence-corrected chi connectivity index (χ2v) is 9.03. The fraction of sp³-hybridized carbons (Fsp3) is 0.333. The Morgan fingerprint density at radius 1 is 1.33 bits per heavy atom. The van der Waals surface area contributed by atoms with Crippen molar-refractivity contribution in [2.75, 3.05) is 19.0 Å². The van der Waals surface area contributed by atoms with Crippen molar-refractivity contribution >= 4 is 17.9 Å². The lowest BCUT2D eigenvalue weighted by atomic mass is 10.1. The Morgan fingerprint density at radius 2 is 2.00 bits per heavy atom. The second-order valence-electron chi connectivity index (χ2n) is 5.71. The quantitative estimate of drug-likeness (QED) is 0.814. The van der Waals surface area contributed by atoms with Crippen molar-refractivity contribution < 1.29 is 9.67 Å². The van der Waals surface area contributed by atoms with Gasteiger partial charge in [0, 0.05) is 29.3 Å². The van der Waals surface area contributed by atoms with Gasteiger partial charge in [-0.1, -0.05) is 18.2 Å². The predicted molar refractivity (Wildman–Crippen MR) is 81.2 cm³/mol. The number of aromatic nitrogens is 1. The van der Waals surface area contributed by atoms with Crippen LogP contribution in [0.3, 0.4) is 0 Å². The number of aliphatic hydroxyl groups excluding tert-OH is 1. The van der Waals surface area contributed by atoms with Crippen LogP contribution in [0.1, 0.15) is 11.6 Å². The minimum Gasteiger partial charge on any atom is -0.390 e. The number of hydrogen-bond donors (Lipinski definition) is 1. The van der Waals surface area contributed by atoms with Crippen LogP contribution in [0, 0.1) is 11.3 Å². The molecule has 0 amide bonds. The molecule has 5 nitrogen and oxygen atoms in total. The molecule has 21 heavy (non-hydrogen) atoms. The summed E-state index contributed by atoms with van der Waals surface area (Å²) in [5.41, 5.74) is 0.130. The van der Waals surface area contributed by atoms with Gasteiger partial charge in [-0.3, -0.25) is 4.79 Å². The third kappa shape index (κ3) is 2.31. The topological polar surface area (TPSA) is 83.1 Å². The number of benzene rings is 1. The van der Waals surface area contributed by atoms with E-state index in [4.69, 9.17) is 0 Å². The van der Waals surface area contributed by atoms with Crippen LogP contribution < -0.4 is 5.56 Å². The molecular weight excluding hydrogens is 287 g/mol. The van der Waals surface area contributed by atoms with Crippen LogP contribution in [0.4, 0.5) is 0 Å². The van der Waals surface area contributed by atoms with Crippen molar-refractivity contribution in [2.24, 2.45) is 0 Å². The van der Waals surface area contributed by atoms with Crippen LogP contribution in [0.15, 0.2) is 35.3 Å². The molecule has 0 unspecified atom stereocenters. The van der Waals surface area contributed by atoms with E-state index in [0.29, 0.717) is 16.3 Å². The van der Waals surface area contributed by atoms with Crippen LogP contribution >= 0.6 is 7.14 Å². The fourth-order valence-electron chi connectivity index (χ4n) is 3.03. The summed E-state index contributed by atoms with van der Waals surface area (Å²) in [6.45, 7) is 1.65. The zero-order valence-electron chi connectivity index (χ0n) is 11.6. The van der Waals surface area contributed by atoms with Gasteiger partial charge in [0.2, 0.25) is 0 Å². The Hall–Kier alpha value is -1.89. The minimum atomic E-state index is -2.42. The summed E-state index contributed by atoms with van der Waals surface area (Å²) in [4.78, 5) is 12.6. The Labute approximate surface area is 121 Å². The molecule has 3 rings (SSSR count). The average molecular weight is 302 g/mol. The predicted octanol–water partition coefficient (Wildman–Crippen LogP) is 1.78. The van der Waals surface area contributed by atoms with E-state index in [9.17, 15) is 19.7 Å². The lowest BCUT2D eigenvalue weighted by Gasteiger charge is -2.18. The van der Waals surface area contributed by atoms with E-state index in [-0.39, 0.29) is 17.9 Å². The molecule has 1 aliphatic heterocycles. The van der Waals surface area contributed by atoms with Gasteiger partial charge < -0.3 is 14.2 Å². The molecule has 1 aliphatic rings. The van der Waals surface area contributed by atoms with Crippen molar-refractivity contribution in [3.8, 4) is 6.07 Å². The van der Waals surface area contributed by atoms with Crippen LogP contribution in [0.25, 0.3) is 10.8 Å². The largest absolute Gasteiger partial charge is 0.390 e. The third-order valence-electron chi connectivity index (χ3n) is 4.02. The highest BCUT2D eigenvalue weighted by Gasteiger charge is 2.39. The summed E-state index contributed by atoms with van der Waals surface area (Å²) >= 11 is 0. The molecule has 6 heteroatoms. The van der Waals surface area contributed by atoms with Crippen LogP contribution in [0.5, 0.6) is 0 Å². The van der Waals surface area contributed by atoms with Gasteiger partial charge in [0.25, 0.3) is 5.56 Å². The maximum Gasteiger partial charge on any atom is 0.258 e. The van der Waals surface area contributed by atoms with Crippen molar-refractivity contribution in [3.63, 3.8) is 0 Å². The highest BCUT2D eigenvalue weighted by Crippen LogP contribution is 2.52. The molecule has 1 aromatic carbocycles. The standard InChI is InChI=1S/C15H15N2O3P/c1-21(20)8-13(14(18)9-21)17-7-10(6-16)11-4-2-3-5-12(11)15(17)19/h2-5,7,13-14,18H,8-9H2,1H3/t13-,14-,21+/m1/s1. The summed E-state index contributed by atoms with van der Waals surface area (Å²) in [5, 5.41) is 20.5. The molecule has 0 aliphatic carbocycles. The van der Waals surface area contributed by atoms with E-state index >= 15 is 0 Å². The van der Waals surface area contributed by atoms with E-state index in [1.807, 2.05) is 0 Å². The van der Waals surface area contributed by atoms with Gasteiger partial charge in [-0.05, 0) is 12.7 Å². The average Bonchev–Trinajstić information content (AvgIpc) is 2.73. The zero-order valence-corrected chi connectivity index (χ0v) is 12.5. The molecule has 0 spiro atoms. The summed E-state index contributed by atoms with van der Waals surface area (Å²) in [5.74, 6) is 0. The summed E-state index contributed by atoms with van der Waals surface area (Å²) < 4.78 is 13.6. The number of fused-ring (bicyclic) bond motifs is 1. The molecule has 0 bridgehead atoms. The number of rotatable bonds is 1. The molecule has 2 aromatic rings. The SMILES string of the molecule is C[P@@]1(=O)C[C@@H](O)[C@H](n2cc(C#N)c3ccccc3c2=O)C1. The molecule has 3 atom stereocenters. The Kier molecular flexibility index (Phi) is 3.24. The molecule has 1 saturated heterocycles. The number of pyridine rings is 1. The first-order valence-corrected chi connectivity index (χ1v) is 9.23. The Morgan fingerprint density at radius 3 is 2.57 bits per heavy atom. The molecule has 1 aromatic heterocycles. The van der Waals surface area contributed by atoms with Crippen molar-refractivity contribution in [2.45, 2.75) is 12.1 Å². The molecule has 1 fully saturated rings. The number of nitriles is 1. The smallest absolute Gasteiger partial charge is 0.258 e. The monoisotopic (exact) mass is 302 g/mol. The van der Waals surface area contributed by atoms with Gasteiger partial charge in [0.1, 0.15) is 6.07 Å². The Bertz CT molecular complexity index is 865. The summed E-state index contributed by atoms with van der Waals surface area (Å²) in [7, 11) is -2.42. The normalized spacial score (nSPS) is 28.6. The highest BCUT2D eigenvalue weighted by molar-refractivity contribution is 7.63. The van der Waals surface area contributed by atoms with E-state index in [1.54, 1.807) is 30.9 Å². The van der Waals surface area contributed by atoms with E-state index in [1.165, 1.54) is 10.8 Å². The first-order valence-electron chi connectivity index (χ1n) is 6.70. The maximum atomic E-state index is 12.6. The molecular formula is C15H15N2O3P. The maximum absolute atomic E-state index is 12.6. The van der Waals surface area contributed by atoms with Crippen molar-refractivity contribution in [1.29, 1.82) is 5.26 Å². The highest BCUT2D eigenvalue weighted by atomic mass is 31.2. The second kappa shape index (κ2) is 4.84. The van der Waals surface area contributed by atoms with Gasteiger partial charge in [0.05, 0.1) is 24.9 Å². The number of aliphatic hydroxyl groups is 1. The molecule has 0 saturated carbocycles. The number of hydrogen-bond acceptors (Lipinski definition) is 4. The molecule has 1 N–H and O–H groups in total. The van der Waals surface area contributed by atoms with Crippen LogP contribution in [-0.4, -0.2) is 34.8 Å². The Balaban J connectivity index is 2.26. The zero-order chi connectivity index (χ0) is 15.2. The summed E-state index contributed by atoms with van der Waals surface area (Å²) in [6.07, 6.45) is 1.17. The first-order chi connectivity index (χ1) is 9.93. The fourth-order valence-corrected chi connectivity index (χ4v) is 5.42. The van der Waals surface area contributed by atoms with Gasteiger partial charge in [-0.2, -0.15) is 5.26 Å². The van der Waals surface area contributed by atoms with Gasteiger partial charge >= 0.3 is 0 Å². The van der Waals surface area contributed by atoms with Gasteiger partial charge in [-0.25, -0.2) is 0 Å². The van der Waals surface area contributed by atoms with Gasteiger partial charge in [-0.15, -0.1) is 0 Å². The van der Waals surface area contributed by atoms with Crippen LogP contribution in [-0.2, 0) is 4.57 Å². The van der Waals surface area contributed by atoms with E-state index in [0.717, 1.165) is 0 Å². The molecule has 2 heterocycles. The molecule has 0 radical (unpaired) electrons. The van der Waals surface area contributed by atoms with Crippen molar-refractivity contribution in [1.82, 2.24) is 4.57 Å². The lowest BCUT2D eigenvalue weighted by Crippen LogP contribution is -2.31. The third-order valence-corrected chi connectivity index (χ3v) is 6.31. The first kappa shape index (κ1) is 14.1. The van der Waals surface area contributed by atoms with Crippen LogP contribution in [0.2, 0.25) is 0 Å². The minimum absolute atomic E-state index is 0.221. The van der Waals surface area contributed by atoms with E-state index < -0.39 is 19.3 Å². The van der Waals surface area contributed by atoms with Gasteiger partial charge in [0.15, 0.2) is 0 Å². The molecule has 108 valence electrons. The van der Waals surface area contributed by atoms with E-state index in [2.05, 4.69) is 6.07 Å².